The Hall–Kier alpha value is -1.42. The van der Waals surface area contributed by atoms with Gasteiger partial charge in [-0.05, 0) is 27.2 Å². The third kappa shape index (κ3) is 9.78. The number of rotatable bonds is 9. The molecule has 0 bridgehead atoms. The first-order valence-electron chi connectivity index (χ1n) is 6.14. The molecular formula is C14H22O4. The van der Waals surface area contributed by atoms with E-state index in [1.54, 1.807) is 6.92 Å². The second kappa shape index (κ2) is 10.7. The maximum atomic E-state index is 11.3. The maximum Gasteiger partial charge on any atom is 0.313 e. The van der Waals surface area contributed by atoms with Crippen molar-refractivity contribution in [1.29, 1.82) is 0 Å². The van der Waals surface area contributed by atoms with Crippen molar-refractivity contribution in [2.24, 2.45) is 0 Å². The molecule has 4 nitrogen and oxygen atoms in total. The van der Waals surface area contributed by atoms with Crippen LogP contribution in [-0.2, 0) is 19.1 Å². The molecule has 0 saturated carbocycles. The van der Waals surface area contributed by atoms with Gasteiger partial charge in [0, 0.05) is 0 Å². The van der Waals surface area contributed by atoms with Crippen LogP contribution in [0.1, 0.15) is 33.6 Å². The van der Waals surface area contributed by atoms with Gasteiger partial charge in [0.2, 0.25) is 0 Å². The minimum Gasteiger partial charge on any atom is -0.466 e. The Labute approximate surface area is 109 Å². The van der Waals surface area contributed by atoms with Gasteiger partial charge in [0.25, 0.3) is 0 Å². The van der Waals surface area contributed by atoms with E-state index >= 15 is 0 Å². The SMILES string of the molecule is C/C=C\C(C)=C/CCOCC(=O)CC(=O)OCC. The lowest BCUT2D eigenvalue weighted by molar-refractivity contribution is -0.146. The summed E-state index contributed by atoms with van der Waals surface area (Å²) in [4.78, 5) is 22.3. The molecule has 0 aromatic rings. The minimum atomic E-state index is -0.491. The number of hydrogen-bond donors (Lipinski definition) is 0. The van der Waals surface area contributed by atoms with Gasteiger partial charge < -0.3 is 9.47 Å². The van der Waals surface area contributed by atoms with E-state index in [1.807, 2.05) is 32.1 Å². The number of ketones is 1. The first-order chi connectivity index (χ1) is 8.60. The second-order valence-electron chi connectivity index (χ2n) is 3.81. The highest BCUT2D eigenvalue weighted by atomic mass is 16.5. The van der Waals surface area contributed by atoms with Crippen molar-refractivity contribution in [3.63, 3.8) is 0 Å². The molecule has 0 saturated heterocycles. The van der Waals surface area contributed by atoms with Crippen LogP contribution in [0.25, 0.3) is 0 Å². The number of ether oxygens (including phenoxy) is 2. The fourth-order valence-corrected chi connectivity index (χ4v) is 1.31. The van der Waals surface area contributed by atoms with Crippen LogP contribution in [0.3, 0.4) is 0 Å². The fraction of sp³-hybridized carbons (Fsp3) is 0.571. The first kappa shape index (κ1) is 16.6. The van der Waals surface area contributed by atoms with E-state index in [2.05, 4.69) is 4.74 Å². The molecule has 0 atom stereocenters. The van der Waals surface area contributed by atoms with E-state index in [-0.39, 0.29) is 18.8 Å². The Kier molecular flexibility index (Phi) is 9.87. The quantitative estimate of drug-likeness (QED) is 0.274. The molecule has 0 amide bonds. The van der Waals surface area contributed by atoms with Crippen molar-refractivity contribution in [2.75, 3.05) is 19.8 Å². The summed E-state index contributed by atoms with van der Waals surface area (Å²) in [5.41, 5.74) is 1.17. The van der Waals surface area contributed by atoms with Crippen molar-refractivity contribution in [2.45, 2.75) is 33.6 Å². The largest absolute Gasteiger partial charge is 0.466 e. The van der Waals surface area contributed by atoms with E-state index < -0.39 is 5.97 Å². The molecule has 0 aromatic carbocycles. The van der Waals surface area contributed by atoms with Gasteiger partial charge >= 0.3 is 5.97 Å². The first-order valence-corrected chi connectivity index (χ1v) is 6.14. The zero-order chi connectivity index (χ0) is 13.8. The van der Waals surface area contributed by atoms with E-state index in [1.165, 1.54) is 5.57 Å². The second-order valence-corrected chi connectivity index (χ2v) is 3.81. The highest BCUT2D eigenvalue weighted by Crippen LogP contribution is 1.98. The molecule has 0 radical (unpaired) electrons. The van der Waals surface area contributed by atoms with Gasteiger partial charge in [0.1, 0.15) is 13.0 Å². The lowest BCUT2D eigenvalue weighted by atomic mass is 10.2. The Morgan fingerprint density at radius 1 is 1.28 bits per heavy atom. The molecule has 0 aliphatic heterocycles. The summed E-state index contributed by atoms with van der Waals surface area (Å²) >= 11 is 0. The van der Waals surface area contributed by atoms with Crippen LogP contribution in [0.5, 0.6) is 0 Å². The molecule has 0 fully saturated rings. The highest BCUT2D eigenvalue weighted by Gasteiger charge is 2.09. The normalized spacial score (nSPS) is 11.8. The zero-order valence-electron chi connectivity index (χ0n) is 11.4. The number of carbonyl (C=O) groups is 2. The average molecular weight is 254 g/mol. The summed E-state index contributed by atoms with van der Waals surface area (Å²) in [6.45, 7) is 6.41. The van der Waals surface area contributed by atoms with E-state index in [9.17, 15) is 9.59 Å². The van der Waals surface area contributed by atoms with Crippen LogP contribution in [-0.4, -0.2) is 31.6 Å². The number of carbonyl (C=O) groups excluding carboxylic acids is 2. The Bertz CT molecular complexity index is 316. The molecule has 0 aromatic heterocycles. The minimum absolute atomic E-state index is 0.0324. The van der Waals surface area contributed by atoms with E-state index in [4.69, 9.17) is 4.74 Å². The van der Waals surface area contributed by atoms with Gasteiger partial charge in [0.05, 0.1) is 13.2 Å². The molecular weight excluding hydrogens is 232 g/mol. The number of hydrogen-bond acceptors (Lipinski definition) is 4. The predicted molar refractivity (Wildman–Crippen MR) is 70.3 cm³/mol. The van der Waals surface area contributed by atoms with Crippen LogP contribution in [0.15, 0.2) is 23.8 Å². The number of allylic oxidation sites excluding steroid dienone is 3. The van der Waals surface area contributed by atoms with Crippen molar-refractivity contribution >= 4 is 11.8 Å². The molecule has 0 rings (SSSR count). The monoisotopic (exact) mass is 254 g/mol. The maximum absolute atomic E-state index is 11.3. The van der Waals surface area contributed by atoms with Crippen molar-refractivity contribution in [3.05, 3.63) is 23.8 Å². The standard InChI is InChI=1S/C14H22O4/c1-4-7-12(3)8-6-9-17-11-13(15)10-14(16)18-5-2/h4,7-8H,5-6,9-11H2,1-3H3/b7-4-,12-8-. The van der Waals surface area contributed by atoms with Crippen LogP contribution in [0.4, 0.5) is 0 Å². The van der Waals surface area contributed by atoms with Gasteiger partial charge in [-0.1, -0.05) is 23.8 Å². The Morgan fingerprint density at radius 2 is 2.00 bits per heavy atom. The Morgan fingerprint density at radius 3 is 2.61 bits per heavy atom. The zero-order valence-corrected chi connectivity index (χ0v) is 11.4. The molecule has 0 N–H and O–H groups in total. The van der Waals surface area contributed by atoms with Crippen molar-refractivity contribution in [1.82, 2.24) is 0 Å². The molecule has 102 valence electrons. The molecule has 0 unspecified atom stereocenters. The molecule has 0 spiro atoms. The fourth-order valence-electron chi connectivity index (χ4n) is 1.31. The van der Waals surface area contributed by atoms with Crippen LogP contribution < -0.4 is 0 Å². The van der Waals surface area contributed by atoms with Crippen LogP contribution >= 0.6 is 0 Å². The smallest absolute Gasteiger partial charge is 0.313 e. The lowest BCUT2D eigenvalue weighted by Crippen LogP contribution is -2.16. The summed E-state index contributed by atoms with van der Waals surface area (Å²) in [5, 5.41) is 0. The van der Waals surface area contributed by atoms with Gasteiger partial charge in [-0.25, -0.2) is 0 Å². The summed E-state index contributed by atoms with van der Waals surface area (Å²) in [7, 11) is 0. The van der Waals surface area contributed by atoms with E-state index in [0.29, 0.717) is 13.2 Å². The topological polar surface area (TPSA) is 52.6 Å². The molecule has 0 aliphatic carbocycles. The summed E-state index contributed by atoms with van der Waals surface area (Å²) in [5.74, 6) is -0.738. The van der Waals surface area contributed by atoms with Gasteiger partial charge in [0.15, 0.2) is 5.78 Å². The predicted octanol–water partition coefficient (Wildman–Crippen LogP) is 2.44. The van der Waals surface area contributed by atoms with Gasteiger partial charge in [-0.3, -0.25) is 9.59 Å². The van der Waals surface area contributed by atoms with E-state index in [0.717, 1.165) is 6.42 Å². The average Bonchev–Trinajstić information content (AvgIpc) is 2.29. The third-order valence-corrected chi connectivity index (χ3v) is 2.07. The number of Topliss-reactive ketones (excluding diaryl/α,β-unsaturated/α-hetero) is 1. The third-order valence-electron chi connectivity index (χ3n) is 2.07. The summed E-state index contributed by atoms with van der Waals surface area (Å²) in [6.07, 6.45) is 6.56. The van der Waals surface area contributed by atoms with Gasteiger partial charge in [-0.15, -0.1) is 0 Å². The molecule has 18 heavy (non-hydrogen) atoms. The summed E-state index contributed by atoms with van der Waals surface area (Å²) in [6, 6.07) is 0. The van der Waals surface area contributed by atoms with Crippen LogP contribution in [0, 0.1) is 0 Å². The Balaban J connectivity index is 3.63. The lowest BCUT2D eigenvalue weighted by Gasteiger charge is -2.02. The van der Waals surface area contributed by atoms with Crippen molar-refractivity contribution < 1.29 is 19.1 Å². The molecule has 4 heteroatoms. The van der Waals surface area contributed by atoms with Crippen LogP contribution in [0.2, 0.25) is 0 Å². The molecule has 0 heterocycles. The van der Waals surface area contributed by atoms with Gasteiger partial charge in [-0.2, -0.15) is 0 Å². The highest BCUT2D eigenvalue weighted by molar-refractivity contribution is 5.96. The molecule has 0 aliphatic rings. The number of esters is 1. The van der Waals surface area contributed by atoms with Crippen molar-refractivity contribution in [3.8, 4) is 0 Å². The summed E-state index contributed by atoms with van der Waals surface area (Å²) < 4.78 is 9.84.